The van der Waals surface area contributed by atoms with Gasteiger partial charge in [-0.25, -0.2) is 9.59 Å². The van der Waals surface area contributed by atoms with Crippen molar-refractivity contribution in [1.82, 2.24) is 4.98 Å². The first-order valence-corrected chi connectivity index (χ1v) is 9.84. The van der Waals surface area contributed by atoms with Crippen LogP contribution in [0.3, 0.4) is 0 Å². The lowest BCUT2D eigenvalue weighted by Crippen LogP contribution is -2.10. The predicted octanol–water partition coefficient (Wildman–Crippen LogP) is 4.73. The molecule has 0 radical (unpaired) electrons. The first-order valence-electron chi connectivity index (χ1n) is 9.84. The van der Waals surface area contributed by atoms with E-state index in [2.05, 4.69) is 10.3 Å². The van der Waals surface area contributed by atoms with Gasteiger partial charge in [0.05, 0.1) is 36.6 Å². The fourth-order valence-corrected chi connectivity index (χ4v) is 3.01. The molecule has 7 nitrogen and oxygen atoms in total. The van der Waals surface area contributed by atoms with E-state index < -0.39 is 11.9 Å². The Bertz CT molecular complexity index is 1060. The van der Waals surface area contributed by atoms with Crippen molar-refractivity contribution in [2.45, 2.75) is 20.8 Å². The lowest BCUT2D eigenvalue weighted by Gasteiger charge is -2.15. The van der Waals surface area contributed by atoms with Crippen LogP contribution in [0, 0.1) is 0 Å². The van der Waals surface area contributed by atoms with Crippen molar-refractivity contribution in [3.8, 4) is 5.75 Å². The Hall–Kier alpha value is -3.61. The van der Waals surface area contributed by atoms with Crippen molar-refractivity contribution < 1.29 is 23.8 Å². The van der Waals surface area contributed by atoms with Crippen molar-refractivity contribution in [3.05, 3.63) is 59.8 Å². The molecule has 0 fully saturated rings. The Labute approximate surface area is 175 Å². The molecule has 0 atom stereocenters. The molecule has 0 aliphatic rings. The van der Waals surface area contributed by atoms with Crippen molar-refractivity contribution in [2.75, 3.05) is 25.1 Å². The highest BCUT2D eigenvalue weighted by Gasteiger charge is 2.18. The Morgan fingerprint density at radius 1 is 0.933 bits per heavy atom. The maximum Gasteiger partial charge on any atom is 0.341 e. The summed E-state index contributed by atoms with van der Waals surface area (Å²) in [6.07, 6.45) is 1.48. The van der Waals surface area contributed by atoms with Crippen LogP contribution in [-0.2, 0) is 9.47 Å². The molecule has 0 saturated heterocycles. The number of anilines is 2. The zero-order valence-electron chi connectivity index (χ0n) is 17.2. The topological polar surface area (TPSA) is 86.8 Å². The number of nitrogens with zero attached hydrogens (tertiary/aromatic N) is 1. The number of carbonyl (C=O) groups is 2. The number of ether oxygens (including phenoxy) is 3. The number of fused-ring (bicyclic) bond motifs is 1. The summed E-state index contributed by atoms with van der Waals surface area (Å²) in [6.45, 7) is 6.45. The molecule has 3 aromatic rings. The number of hydrogen-bond acceptors (Lipinski definition) is 7. The molecule has 0 aliphatic carbocycles. The molecule has 7 heteroatoms. The van der Waals surface area contributed by atoms with Gasteiger partial charge in [0.25, 0.3) is 0 Å². The molecular weight excluding hydrogens is 384 g/mol. The maximum atomic E-state index is 12.6. The van der Waals surface area contributed by atoms with E-state index in [1.54, 1.807) is 38.1 Å². The van der Waals surface area contributed by atoms with Gasteiger partial charge in [-0.1, -0.05) is 6.07 Å². The van der Waals surface area contributed by atoms with Gasteiger partial charge in [0.1, 0.15) is 11.3 Å². The molecule has 156 valence electrons. The number of hydrogen-bond donors (Lipinski definition) is 1. The third-order valence-corrected chi connectivity index (χ3v) is 4.29. The molecule has 0 unspecified atom stereocenters. The highest BCUT2D eigenvalue weighted by atomic mass is 16.5. The minimum atomic E-state index is -0.488. The van der Waals surface area contributed by atoms with E-state index in [1.165, 1.54) is 6.20 Å². The van der Waals surface area contributed by atoms with Crippen LogP contribution in [0.25, 0.3) is 10.9 Å². The largest absolute Gasteiger partial charge is 0.494 e. The van der Waals surface area contributed by atoms with Crippen LogP contribution in [0.2, 0.25) is 0 Å². The smallest absolute Gasteiger partial charge is 0.341 e. The van der Waals surface area contributed by atoms with Crippen LogP contribution in [0.4, 0.5) is 11.4 Å². The Morgan fingerprint density at radius 2 is 1.70 bits per heavy atom. The number of nitrogens with one attached hydrogen (secondary N) is 1. The van der Waals surface area contributed by atoms with Gasteiger partial charge in [-0.05, 0) is 57.2 Å². The minimum absolute atomic E-state index is 0.244. The molecule has 1 heterocycles. The van der Waals surface area contributed by atoms with Gasteiger partial charge in [-0.2, -0.15) is 0 Å². The SMILES string of the molecule is CCOC(=O)c1cccc(Nc2c(C(=O)OCC)cnc3ccc(OCC)cc23)c1. The van der Waals surface area contributed by atoms with Crippen LogP contribution in [0.1, 0.15) is 41.5 Å². The molecular formula is C23H24N2O5. The van der Waals surface area contributed by atoms with E-state index >= 15 is 0 Å². The Kier molecular flexibility index (Phi) is 6.85. The number of benzene rings is 2. The van der Waals surface area contributed by atoms with Crippen LogP contribution in [0.5, 0.6) is 5.75 Å². The van der Waals surface area contributed by atoms with Crippen molar-refractivity contribution in [1.29, 1.82) is 0 Å². The van der Waals surface area contributed by atoms with E-state index in [1.807, 2.05) is 25.1 Å². The molecule has 2 aromatic carbocycles. The molecule has 1 aromatic heterocycles. The summed E-state index contributed by atoms with van der Waals surface area (Å²) in [4.78, 5) is 29.0. The molecule has 1 N–H and O–H groups in total. The van der Waals surface area contributed by atoms with Gasteiger partial charge >= 0.3 is 11.9 Å². The maximum absolute atomic E-state index is 12.6. The standard InChI is InChI=1S/C23H24N2O5/c1-4-28-17-10-11-20-18(13-17)21(19(14-24-20)23(27)30-6-3)25-16-9-7-8-15(12-16)22(26)29-5-2/h7-14H,4-6H2,1-3H3,(H,24,25). The van der Waals surface area contributed by atoms with Gasteiger partial charge in [0, 0.05) is 17.3 Å². The van der Waals surface area contributed by atoms with Crippen molar-refractivity contribution >= 4 is 34.2 Å². The molecule has 0 bridgehead atoms. The number of esters is 2. The monoisotopic (exact) mass is 408 g/mol. The highest BCUT2D eigenvalue weighted by Crippen LogP contribution is 2.32. The van der Waals surface area contributed by atoms with Crippen LogP contribution in [0.15, 0.2) is 48.7 Å². The van der Waals surface area contributed by atoms with Crippen LogP contribution >= 0.6 is 0 Å². The number of pyridine rings is 1. The van der Waals surface area contributed by atoms with Gasteiger partial charge in [-0.15, -0.1) is 0 Å². The minimum Gasteiger partial charge on any atom is -0.494 e. The fraction of sp³-hybridized carbons (Fsp3) is 0.261. The summed E-state index contributed by atoms with van der Waals surface area (Å²) in [6, 6.07) is 12.4. The van der Waals surface area contributed by atoms with E-state index in [9.17, 15) is 9.59 Å². The van der Waals surface area contributed by atoms with E-state index in [-0.39, 0.29) is 6.61 Å². The van der Waals surface area contributed by atoms with Crippen molar-refractivity contribution in [2.24, 2.45) is 0 Å². The predicted molar refractivity (Wildman–Crippen MR) is 115 cm³/mol. The highest BCUT2D eigenvalue weighted by molar-refractivity contribution is 6.06. The average molecular weight is 408 g/mol. The number of carbonyl (C=O) groups excluding carboxylic acids is 2. The fourth-order valence-electron chi connectivity index (χ4n) is 3.01. The second-order valence-electron chi connectivity index (χ2n) is 6.31. The molecule has 0 aliphatic heterocycles. The van der Waals surface area contributed by atoms with E-state index in [0.717, 1.165) is 0 Å². The lowest BCUT2D eigenvalue weighted by molar-refractivity contribution is 0.0517. The molecule has 0 saturated carbocycles. The Morgan fingerprint density at radius 3 is 2.43 bits per heavy atom. The summed E-state index contributed by atoms with van der Waals surface area (Å²) in [5.41, 5.74) is 2.55. The van der Waals surface area contributed by atoms with Gasteiger partial charge in [0.15, 0.2) is 0 Å². The number of rotatable bonds is 8. The zero-order valence-corrected chi connectivity index (χ0v) is 17.2. The van der Waals surface area contributed by atoms with Crippen LogP contribution < -0.4 is 10.1 Å². The second kappa shape index (κ2) is 9.73. The first kappa shape index (κ1) is 21.1. The summed E-state index contributed by atoms with van der Waals surface area (Å²) in [5.74, 6) is -0.237. The third kappa shape index (κ3) is 4.68. The summed E-state index contributed by atoms with van der Waals surface area (Å²) in [7, 11) is 0. The zero-order chi connectivity index (χ0) is 21.5. The van der Waals surface area contributed by atoms with E-state index in [0.29, 0.717) is 52.4 Å². The quantitative estimate of drug-likeness (QED) is 0.539. The first-order chi connectivity index (χ1) is 14.6. The average Bonchev–Trinajstić information content (AvgIpc) is 2.75. The molecule has 0 spiro atoms. The summed E-state index contributed by atoms with van der Waals surface area (Å²) in [5, 5.41) is 3.96. The normalized spacial score (nSPS) is 10.5. The van der Waals surface area contributed by atoms with Gasteiger partial charge in [0.2, 0.25) is 0 Å². The van der Waals surface area contributed by atoms with E-state index in [4.69, 9.17) is 14.2 Å². The molecule has 30 heavy (non-hydrogen) atoms. The molecule has 0 amide bonds. The van der Waals surface area contributed by atoms with Gasteiger partial charge < -0.3 is 19.5 Å². The Balaban J connectivity index is 2.10. The molecule has 3 rings (SSSR count). The summed E-state index contributed by atoms with van der Waals surface area (Å²) < 4.78 is 15.9. The lowest BCUT2D eigenvalue weighted by atomic mass is 10.1. The van der Waals surface area contributed by atoms with Crippen molar-refractivity contribution in [3.63, 3.8) is 0 Å². The second-order valence-corrected chi connectivity index (χ2v) is 6.31. The van der Waals surface area contributed by atoms with Gasteiger partial charge in [-0.3, -0.25) is 4.98 Å². The van der Waals surface area contributed by atoms with Crippen LogP contribution in [-0.4, -0.2) is 36.7 Å². The third-order valence-electron chi connectivity index (χ3n) is 4.29. The number of aromatic nitrogens is 1. The summed E-state index contributed by atoms with van der Waals surface area (Å²) >= 11 is 0.